The molecular weight excluding hydrogens is 336 g/mol. The first-order valence-electron chi connectivity index (χ1n) is 9.72. The number of benzene rings is 2. The Balaban J connectivity index is 1.46. The molecule has 1 amide bonds. The van der Waals surface area contributed by atoms with Crippen LogP contribution < -0.4 is 10.6 Å². The van der Waals surface area contributed by atoms with Gasteiger partial charge in [-0.2, -0.15) is 0 Å². The molecule has 142 valence electrons. The van der Waals surface area contributed by atoms with E-state index in [4.69, 9.17) is 0 Å². The molecule has 0 unspecified atom stereocenters. The zero-order valence-corrected chi connectivity index (χ0v) is 16.0. The van der Waals surface area contributed by atoms with Crippen LogP contribution in [0.4, 0.5) is 0 Å². The highest BCUT2D eigenvalue weighted by Crippen LogP contribution is 2.26. The Kier molecular flexibility index (Phi) is 6.40. The fourth-order valence-electron chi connectivity index (χ4n) is 3.46. The van der Waals surface area contributed by atoms with Crippen molar-refractivity contribution < 1.29 is 9.59 Å². The summed E-state index contributed by atoms with van der Waals surface area (Å²) in [5.41, 5.74) is 3.04. The van der Waals surface area contributed by atoms with Crippen molar-refractivity contribution in [1.82, 2.24) is 10.6 Å². The molecule has 2 N–H and O–H groups in total. The Bertz CT molecular complexity index is 763. The number of hydrogen-bond acceptors (Lipinski definition) is 3. The highest BCUT2D eigenvalue weighted by atomic mass is 16.2. The minimum Gasteiger partial charge on any atom is -0.356 e. The van der Waals surface area contributed by atoms with E-state index in [1.165, 1.54) is 0 Å². The van der Waals surface area contributed by atoms with Gasteiger partial charge in [0, 0.05) is 24.9 Å². The van der Waals surface area contributed by atoms with E-state index in [9.17, 15) is 9.59 Å². The van der Waals surface area contributed by atoms with Crippen LogP contribution in [0.25, 0.3) is 11.1 Å². The van der Waals surface area contributed by atoms with Gasteiger partial charge in [-0.25, -0.2) is 0 Å². The van der Waals surface area contributed by atoms with Crippen LogP contribution in [0.15, 0.2) is 54.6 Å². The summed E-state index contributed by atoms with van der Waals surface area (Å²) in [4.78, 5) is 24.5. The molecule has 27 heavy (non-hydrogen) atoms. The molecule has 1 heterocycles. The maximum Gasteiger partial charge on any atom is 0.220 e. The molecule has 4 heteroatoms. The van der Waals surface area contributed by atoms with Crippen molar-refractivity contribution in [3.8, 4) is 11.1 Å². The Labute approximate surface area is 161 Å². The molecule has 1 saturated heterocycles. The highest BCUT2D eigenvalue weighted by Gasteiger charge is 2.26. The number of rotatable bonds is 7. The topological polar surface area (TPSA) is 58.2 Å². The molecule has 0 spiro atoms. The first-order chi connectivity index (χ1) is 13.1. The molecule has 2 aromatic rings. The monoisotopic (exact) mass is 364 g/mol. The van der Waals surface area contributed by atoms with Crippen LogP contribution >= 0.6 is 0 Å². The van der Waals surface area contributed by atoms with Crippen LogP contribution in [0, 0.1) is 5.41 Å². The predicted molar refractivity (Wildman–Crippen MR) is 109 cm³/mol. The molecular formula is C23H28N2O2. The third kappa shape index (κ3) is 5.51. The lowest BCUT2D eigenvalue weighted by molar-refractivity contribution is -0.121. The maximum absolute atomic E-state index is 12.4. The van der Waals surface area contributed by atoms with Gasteiger partial charge in [-0.1, -0.05) is 61.5 Å². The summed E-state index contributed by atoms with van der Waals surface area (Å²) in [5.74, 6) is -0.0261. The quantitative estimate of drug-likeness (QED) is 0.734. The van der Waals surface area contributed by atoms with Crippen LogP contribution in [-0.4, -0.2) is 31.3 Å². The number of amides is 1. The summed E-state index contributed by atoms with van der Waals surface area (Å²) >= 11 is 0. The second-order valence-electron chi connectivity index (χ2n) is 7.70. The summed E-state index contributed by atoms with van der Waals surface area (Å²) < 4.78 is 0. The Hall–Kier alpha value is -2.46. The van der Waals surface area contributed by atoms with Crippen molar-refractivity contribution in [2.75, 3.05) is 19.6 Å². The van der Waals surface area contributed by atoms with Crippen molar-refractivity contribution in [3.05, 3.63) is 60.2 Å². The lowest BCUT2D eigenvalue weighted by atomic mass is 9.81. The van der Waals surface area contributed by atoms with Gasteiger partial charge in [-0.3, -0.25) is 9.59 Å². The number of hydrogen-bond donors (Lipinski definition) is 2. The zero-order valence-electron chi connectivity index (χ0n) is 16.0. The zero-order chi connectivity index (χ0) is 19.1. The van der Waals surface area contributed by atoms with E-state index in [1.807, 2.05) is 54.6 Å². The third-order valence-electron chi connectivity index (χ3n) is 5.42. The van der Waals surface area contributed by atoms with Crippen LogP contribution in [0.3, 0.4) is 0 Å². The minimum atomic E-state index is -0.0380. The fourth-order valence-corrected chi connectivity index (χ4v) is 3.46. The number of nitrogens with one attached hydrogen (secondary N) is 2. The van der Waals surface area contributed by atoms with Gasteiger partial charge in [-0.05, 0) is 42.5 Å². The van der Waals surface area contributed by atoms with Gasteiger partial charge >= 0.3 is 0 Å². The first-order valence-corrected chi connectivity index (χ1v) is 9.72. The third-order valence-corrected chi connectivity index (χ3v) is 5.42. The van der Waals surface area contributed by atoms with Crippen molar-refractivity contribution in [3.63, 3.8) is 0 Å². The maximum atomic E-state index is 12.4. The van der Waals surface area contributed by atoms with Crippen molar-refractivity contribution in [1.29, 1.82) is 0 Å². The molecule has 1 fully saturated rings. The molecule has 1 aliphatic rings. The van der Waals surface area contributed by atoms with Gasteiger partial charge in [-0.15, -0.1) is 0 Å². The van der Waals surface area contributed by atoms with Gasteiger partial charge in [0.2, 0.25) is 5.91 Å². The van der Waals surface area contributed by atoms with Crippen LogP contribution in [0.1, 0.15) is 43.0 Å². The van der Waals surface area contributed by atoms with Gasteiger partial charge in [0.25, 0.3) is 0 Å². The Morgan fingerprint density at radius 1 is 0.926 bits per heavy atom. The number of ketones is 1. The molecule has 2 aromatic carbocycles. The highest BCUT2D eigenvalue weighted by molar-refractivity contribution is 5.98. The summed E-state index contributed by atoms with van der Waals surface area (Å²) in [6.45, 7) is 4.91. The van der Waals surface area contributed by atoms with Crippen LogP contribution in [-0.2, 0) is 4.79 Å². The second-order valence-corrected chi connectivity index (χ2v) is 7.70. The average molecular weight is 364 g/mol. The van der Waals surface area contributed by atoms with E-state index < -0.39 is 0 Å². The lowest BCUT2D eigenvalue weighted by Crippen LogP contribution is -2.42. The second kappa shape index (κ2) is 8.96. The summed E-state index contributed by atoms with van der Waals surface area (Å²) in [7, 11) is 0. The van der Waals surface area contributed by atoms with Crippen molar-refractivity contribution >= 4 is 11.7 Å². The minimum absolute atomic E-state index is 0.0119. The van der Waals surface area contributed by atoms with E-state index in [0.717, 1.165) is 37.1 Å². The number of carbonyl (C=O) groups is 2. The number of piperidine rings is 1. The summed E-state index contributed by atoms with van der Waals surface area (Å²) in [5, 5.41) is 6.35. The fraction of sp³-hybridized carbons (Fsp3) is 0.391. The molecule has 0 aromatic heterocycles. The van der Waals surface area contributed by atoms with Crippen LogP contribution in [0.5, 0.6) is 0 Å². The summed E-state index contributed by atoms with van der Waals surface area (Å²) in [6, 6.07) is 17.7. The van der Waals surface area contributed by atoms with Gasteiger partial charge < -0.3 is 10.6 Å². The van der Waals surface area contributed by atoms with Gasteiger partial charge in [0.1, 0.15) is 0 Å². The molecule has 3 rings (SSSR count). The normalized spacial score (nSPS) is 15.9. The average Bonchev–Trinajstić information content (AvgIpc) is 2.72. The van der Waals surface area contributed by atoms with Crippen molar-refractivity contribution in [2.24, 2.45) is 5.41 Å². The molecule has 0 aliphatic carbocycles. The Morgan fingerprint density at radius 2 is 1.56 bits per heavy atom. The van der Waals surface area contributed by atoms with E-state index >= 15 is 0 Å². The molecule has 4 nitrogen and oxygen atoms in total. The van der Waals surface area contributed by atoms with Gasteiger partial charge in [0.05, 0.1) is 0 Å². The molecule has 0 atom stereocenters. The smallest absolute Gasteiger partial charge is 0.220 e. The SMILES string of the molecule is CC1(CNC(=O)CCC(=O)c2ccc(-c3ccccc3)cc2)CCNCC1. The molecule has 1 aliphatic heterocycles. The number of Topliss-reactive ketones (excluding diaryl/α,β-unsaturated/α-hetero) is 1. The van der Waals surface area contributed by atoms with Crippen molar-refractivity contribution in [2.45, 2.75) is 32.6 Å². The predicted octanol–water partition coefficient (Wildman–Crippen LogP) is 3.82. The largest absolute Gasteiger partial charge is 0.356 e. The lowest BCUT2D eigenvalue weighted by Gasteiger charge is -2.34. The van der Waals surface area contributed by atoms with E-state index in [-0.39, 0.29) is 29.9 Å². The molecule has 0 saturated carbocycles. The Morgan fingerprint density at radius 3 is 2.22 bits per heavy atom. The summed E-state index contributed by atoms with van der Waals surface area (Å²) in [6.07, 6.45) is 2.63. The first kappa shape index (κ1) is 19.3. The van der Waals surface area contributed by atoms with E-state index in [0.29, 0.717) is 12.1 Å². The van der Waals surface area contributed by atoms with E-state index in [1.54, 1.807) is 0 Å². The molecule has 0 radical (unpaired) electrons. The standard InChI is InChI=1S/C23H28N2O2/c1-23(13-15-24-16-14-23)17-25-22(27)12-11-21(26)20-9-7-19(8-10-20)18-5-3-2-4-6-18/h2-10,24H,11-17H2,1H3,(H,25,27). The van der Waals surface area contributed by atoms with E-state index in [2.05, 4.69) is 17.6 Å². The molecule has 0 bridgehead atoms. The van der Waals surface area contributed by atoms with Gasteiger partial charge in [0.15, 0.2) is 5.78 Å². The van der Waals surface area contributed by atoms with Crippen LogP contribution in [0.2, 0.25) is 0 Å². The number of carbonyl (C=O) groups excluding carboxylic acids is 2.